The lowest BCUT2D eigenvalue weighted by molar-refractivity contribution is -0.162. The van der Waals surface area contributed by atoms with E-state index in [4.69, 9.17) is 4.74 Å². The molecule has 6 nitrogen and oxygen atoms in total. The Labute approximate surface area is 139 Å². The lowest BCUT2D eigenvalue weighted by Gasteiger charge is -2.41. The third-order valence-electron chi connectivity index (χ3n) is 4.60. The molecule has 0 saturated carbocycles. The SMILES string of the molecule is CCOC(=O)[C@@H]1CN(C(=O)[C@@H](C)CC)CCN1C(=O)[C@H](C)CC. The van der Waals surface area contributed by atoms with Gasteiger partial charge in [-0.05, 0) is 19.8 Å². The summed E-state index contributed by atoms with van der Waals surface area (Å²) in [5, 5.41) is 0. The smallest absolute Gasteiger partial charge is 0.330 e. The van der Waals surface area contributed by atoms with E-state index in [0.717, 1.165) is 12.8 Å². The fourth-order valence-corrected chi connectivity index (χ4v) is 2.63. The summed E-state index contributed by atoms with van der Waals surface area (Å²) in [5.41, 5.74) is 0. The van der Waals surface area contributed by atoms with Crippen molar-refractivity contribution in [1.29, 1.82) is 0 Å². The van der Waals surface area contributed by atoms with Crippen molar-refractivity contribution in [2.24, 2.45) is 11.8 Å². The highest BCUT2D eigenvalue weighted by atomic mass is 16.5. The van der Waals surface area contributed by atoms with Gasteiger partial charge in [-0.1, -0.05) is 27.7 Å². The predicted octanol–water partition coefficient (Wildman–Crippen LogP) is 1.68. The summed E-state index contributed by atoms with van der Waals surface area (Å²) in [6.45, 7) is 10.8. The summed E-state index contributed by atoms with van der Waals surface area (Å²) in [6.07, 6.45) is 1.48. The molecule has 0 aliphatic carbocycles. The molecule has 1 aliphatic rings. The Hall–Kier alpha value is -1.59. The summed E-state index contributed by atoms with van der Waals surface area (Å²) in [4.78, 5) is 40.5. The quantitative estimate of drug-likeness (QED) is 0.697. The molecule has 0 radical (unpaired) electrons. The van der Waals surface area contributed by atoms with Gasteiger partial charge in [0.2, 0.25) is 11.8 Å². The highest BCUT2D eigenvalue weighted by molar-refractivity contribution is 5.87. The van der Waals surface area contributed by atoms with E-state index in [2.05, 4.69) is 0 Å². The number of ether oxygens (including phenoxy) is 1. The zero-order valence-electron chi connectivity index (χ0n) is 15.0. The molecule has 0 unspecified atom stereocenters. The van der Waals surface area contributed by atoms with Crippen molar-refractivity contribution in [1.82, 2.24) is 9.80 Å². The van der Waals surface area contributed by atoms with Crippen molar-refractivity contribution in [2.75, 3.05) is 26.2 Å². The first-order valence-corrected chi connectivity index (χ1v) is 8.63. The van der Waals surface area contributed by atoms with Gasteiger partial charge in [0.25, 0.3) is 0 Å². The average molecular weight is 326 g/mol. The summed E-state index contributed by atoms with van der Waals surface area (Å²) < 4.78 is 5.12. The Morgan fingerprint density at radius 2 is 1.57 bits per heavy atom. The fraction of sp³-hybridized carbons (Fsp3) is 0.824. The molecule has 2 amide bonds. The van der Waals surface area contributed by atoms with Gasteiger partial charge in [0, 0.05) is 24.9 Å². The number of rotatable bonds is 6. The highest BCUT2D eigenvalue weighted by Gasteiger charge is 2.39. The molecule has 1 saturated heterocycles. The molecule has 1 heterocycles. The molecule has 0 aromatic rings. The minimum absolute atomic E-state index is 0.0393. The normalized spacial score (nSPS) is 20.8. The van der Waals surface area contributed by atoms with Crippen LogP contribution >= 0.6 is 0 Å². The second kappa shape index (κ2) is 8.89. The van der Waals surface area contributed by atoms with Crippen LogP contribution in [-0.4, -0.2) is 59.9 Å². The monoisotopic (exact) mass is 326 g/mol. The number of carbonyl (C=O) groups is 3. The number of esters is 1. The second-order valence-electron chi connectivity index (χ2n) is 6.20. The van der Waals surface area contributed by atoms with Crippen LogP contribution in [0.3, 0.4) is 0 Å². The molecule has 132 valence electrons. The van der Waals surface area contributed by atoms with E-state index in [1.807, 2.05) is 27.7 Å². The molecule has 6 heteroatoms. The molecule has 0 spiro atoms. The number of amides is 2. The maximum Gasteiger partial charge on any atom is 0.330 e. The van der Waals surface area contributed by atoms with E-state index in [1.165, 1.54) is 0 Å². The molecule has 1 fully saturated rings. The standard InChI is InChI=1S/C17H30N2O4/c1-6-12(4)15(20)18-9-10-19(16(21)13(5)7-2)14(11-18)17(22)23-8-3/h12-14H,6-11H2,1-5H3/t12-,13+,14-/m0/s1. The van der Waals surface area contributed by atoms with Crippen molar-refractivity contribution in [2.45, 2.75) is 53.5 Å². The third kappa shape index (κ3) is 4.69. The number of piperazine rings is 1. The third-order valence-corrected chi connectivity index (χ3v) is 4.60. The van der Waals surface area contributed by atoms with Crippen molar-refractivity contribution in [3.63, 3.8) is 0 Å². The maximum absolute atomic E-state index is 12.5. The molecular weight excluding hydrogens is 296 g/mol. The summed E-state index contributed by atoms with van der Waals surface area (Å²) in [6, 6.07) is -0.696. The van der Waals surface area contributed by atoms with Crippen LogP contribution in [-0.2, 0) is 19.1 Å². The topological polar surface area (TPSA) is 66.9 Å². The van der Waals surface area contributed by atoms with Crippen molar-refractivity contribution >= 4 is 17.8 Å². The van der Waals surface area contributed by atoms with Crippen LogP contribution < -0.4 is 0 Å². The molecule has 23 heavy (non-hydrogen) atoms. The molecule has 0 bridgehead atoms. The van der Waals surface area contributed by atoms with Crippen LogP contribution in [0.2, 0.25) is 0 Å². The summed E-state index contributed by atoms with van der Waals surface area (Å²) in [7, 11) is 0. The lowest BCUT2D eigenvalue weighted by Crippen LogP contribution is -2.61. The van der Waals surface area contributed by atoms with Gasteiger partial charge in [-0.2, -0.15) is 0 Å². The van der Waals surface area contributed by atoms with E-state index in [0.29, 0.717) is 13.1 Å². The van der Waals surface area contributed by atoms with Crippen molar-refractivity contribution in [3.8, 4) is 0 Å². The average Bonchev–Trinajstić information content (AvgIpc) is 2.58. The summed E-state index contributed by atoms with van der Waals surface area (Å²) >= 11 is 0. The molecule has 1 rings (SSSR count). The zero-order valence-corrected chi connectivity index (χ0v) is 15.0. The van der Waals surface area contributed by atoms with Gasteiger partial charge in [-0.25, -0.2) is 4.79 Å². The Morgan fingerprint density at radius 3 is 2.09 bits per heavy atom. The largest absolute Gasteiger partial charge is 0.464 e. The number of hydrogen-bond acceptors (Lipinski definition) is 4. The fourth-order valence-electron chi connectivity index (χ4n) is 2.63. The zero-order chi connectivity index (χ0) is 17.6. The molecule has 0 aromatic heterocycles. The van der Waals surface area contributed by atoms with Gasteiger partial charge in [0.15, 0.2) is 0 Å². The first-order valence-electron chi connectivity index (χ1n) is 8.63. The van der Waals surface area contributed by atoms with E-state index < -0.39 is 12.0 Å². The van der Waals surface area contributed by atoms with Gasteiger partial charge in [-0.15, -0.1) is 0 Å². The Bertz CT molecular complexity index is 438. The molecule has 3 atom stereocenters. The highest BCUT2D eigenvalue weighted by Crippen LogP contribution is 2.19. The molecule has 0 N–H and O–H groups in total. The number of hydrogen-bond donors (Lipinski definition) is 0. The van der Waals surface area contributed by atoms with E-state index in [1.54, 1.807) is 16.7 Å². The minimum Gasteiger partial charge on any atom is -0.464 e. The first-order chi connectivity index (χ1) is 10.9. The lowest BCUT2D eigenvalue weighted by atomic mass is 10.0. The Balaban J connectivity index is 2.92. The van der Waals surface area contributed by atoms with Gasteiger partial charge >= 0.3 is 5.97 Å². The second-order valence-corrected chi connectivity index (χ2v) is 6.20. The van der Waals surface area contributed by atoms with Crippen LogP contribution in [0.25, 0.3) is 0 Å². The van der Waals surface area contributed by atoms with Crippen LogP contribution in [0.4, 0.5) is 0 Å². The van der Waals surface area contributed by atoms with Crippen LogP contribution in [0, 0.1) is 11.8 Å². The van der Waals surface area contributed by atoms with Crippen molar-refractivity contribution in [3.05, 3.63) is 0 Å². The summed E-state index contributed by atoms with van der Waals surface area (Å²) in [5.74, 6) is -0.636. The van der Waals surface area contributed by atoms with E-state index in [9.17, 15) is 14.4 Å². The minimum atomic E-state index is -0.696. The van der Waals surface area contributed by atoms with Gasteiger partial charge < -0.3 is 14.5 Å². The molecular formula is C17H30N2O4. The molecule has 1 aliphatic heterocycles. The number of carbonyl (C=O) groups excluding carboxylic acids is 3. The van der Waals surface area contributed by atoms with Gasteiger partial charge in [-0.3, -0.25) is 9.59 Å². The number of nitrogens with zero attached hydrogens (tertiary/aromatic N) is 2. The first kappa shape index (κ1) is 19.5. The van der Waals surface area contributed by atoms with E-state index in [-0.39, 0.29) is 36.8 Å². The van der Waals surface area contributed by atoms with Crippen LogP contribution in [0.1, 0.15) is 47.5 Å². The van der Waals surface area contributed by atoms with Crippen molar-refractivity contribution < 1.29 is 19.1 Å². The molecule has 0 aromatic carbocycles. The van der Waals surface area contributed by atoms with Crippen LogP contribution in [0.5, 0.6) is 0 Å². The van der Waals surface area contributed by atoms with Gasteiger partial charge in [0.05, 0.1) is 13.2 Å². The predicted molar refractivity (Wildman–Crippen MR) is 87.6 cm³/mol. The van der Waals surface area contributed by atoms with Gasteiger partial charge in [0.1, 0.15) is 6.04 Å². The Kier molecular flexibility index (Phi) is 7.52. The Morgan fingerprint density at radius 1 is 1.00 bits per heavy atom. The van der Waals surface area contributed by atoms with Crippen LogP contribution in [0.15, 0.2) is 0 Å². The van der Waals surface area contributed by atoms with E-state index >= 15 is 0 Å². The maximum atomic E-state index is 12.5.